The number of rotatable bonds is 9. The second kappa shape index (κ2) is 8.93. The molecule has 4 heteroatoms. The van der Waals surface area contributed by atoms with Crippen LogP contribution in [0, 0.1) is 5.92 Å². The minimum Gasteiger partial charge on any atom is -0.396 e. The van der Waals surface area contributed by atoms with Crippen molar-refractivity contribution >= 4 is 0 Å². The first-order valence-corrected chi connectivity index (χ1v) is 6.23. The van der Waals surface area contributed by atoms with Crippen LogP contribution in [0.15, 0.2) is 0 Å². The van der Waals surface area contributed by atoms with Crippen LogP contribution in [0.5, 0.6) is 0 Å². The highest BCUT2D eigenvalue weighted by Gasteiger charge is 2.29. The molecular formula is C12H26O4. The quantitative estimate of drug-likeness (QED) is 0.472. The Morgan fingerprint density at radius 3 is 2.00 bits per heavy atom. The van der Waals surface area contributed by atoms with Crippen LogP contribution < -0.4 is 0 Å². The van der Waals surface area contributed by atoms with Gasteiger partial charge in [-0.3, -0.25) is 0 Å². The third-order valence-electron chi connectivity index (χ3n) is 3.04. The van der Waals surface area contributed by atoms with Crippen LogP contribution in [0.1, 0.15) is 46.0 Å². The van der Waals surface area contributed by atoms with E-state index in [0.717, 1.165) is 6.42 Å². The minimum atomic E-state index is -0.905. The molecule has 98 valence electrons. The molecular weight excluding hydrogens is 208 g/mol. The molecule has 0 aliphatic rings. The summed E-state index contributed by atoms with van der Waals surface area (Å²) in [4.78, 5) is 0. The van der Waals surface area contributed by atoms with Gasteiger partial charge in [0.05, 0.1) is 18.3 Å². The van der Waals surface area contributed by atoms with Crippen molar-refractivity contribution in [1.29, 1.82) is 0 Å². The summed E-state index contributed by atoms with van der Waals surface area (Å²) >= 11 is 0. The van der Waals surface area contributed by atoms with Crippen LogP contribution in [-0.2, 0) is 0 Å². The number of hydrogen-bond donors (Lipinski definition) is 4. The van der Waals surface area contributed by atoms with Crippen LogP contribution in [0.2, 0.25) is 0 Å². The SMILES string of the molecule is CCCC(O)C(CC)C(O)C(O)CCCO. The van der Waals surface area contributed by atoms with E-state index in [9.17, 15) is 15.3 Å². The zero-order chi connectivity index (χ0) is 12.6. The minimum absolute atomic E-state index is 0.0120. The molecule has 16 heavy (non-hydrogen) atoms. The normalized spacial score (nSPS) is 19.1. The zero-order valence-corrected chi connectivity index (χ0v) is 10.3. The third-order valence-corrected chi connectivity index (χ3v) is 3.04. The van der Waals surface area contributed by atoms with E-state index < -0.39 is 18.3 Å². The van der Waals surface area contributed by atoms with Gasteiger partial charge in [0.2, 0.25) is 0 Å². The first-order chi connectivity index (χ1) is 7.58. The average molecular weight is 234 g/mol. The van der Waals surface area contributed by atoms with E-state index in [2.05, 4.69) is 0 Å². The summed E-state index contributed by atoms with van der Waals surface area (Å²) in [5.74, 6) is -0.284. The zero-order valence-electron chi connectivity index (χ0n) is 10.3. The Labute approximate surface area is 97.9 Å². The summed E-state index contributed by atoms with van der Waals surface area (Å²) in [7, 11) is 0. The van der Waals surface area contributed by atoms with Gasteiger partial charge in [0, 0.05) is 12.5 Å². The van der Waals surface area contributed by atoms with E-state index in [-0.39, 0.29) is 12.5 Å². The molecule has 4 atom stereocenters. The van der Waals surface area contributed by atoms with Gasteiger partial charge < -0.3 is 20.4 Å². The highest BCUT2D eigenvalue weighted by Crippen LogP contribution is 2.21. The van der Waals surface area contributed by atoms with E-state index in [1.165, 1.54) is 0 Å². The molecule has 0 spiro atoms. The first-order valence-electron chi connectivity index (χ1n) is 6.23. The molecule has 0 heterocycles. The van der Waals surface area contributed by atoms with Gasteiger partial charge >= 0.3 is 0 Å². The van der Waals surface area contributed by atoms with Gasteiger partial charge in [0.15, 0.2) is 0 Å². The highest BCUT2D eigenvalue weighted by atomic mass is 16.3. The summed E-state index contributed by atoms with van der Waals surface area (Å²) in [6, 6.07) is 0. The van der Waals surface area contributed by atoms with Crippen molar-refractivity contribution in [1.82, 2.24) is 0 Å². The van der Waals surface area contributed by atoms with Crippen molar-refractivity contribution in [2.75, 3.05) is 6.61 Å². The Morgan fingerprint density at radius 1 is 0.938 bits per heavy atom. The predicted octanol–water partition coefficient (Wildman–Crippen LogP) is 0.668. The molecule has 0 aliphatic heterocycles. The van der Waals surface area contributed by atoms with E-state index in [4.69, 9.17) is 5.11 Å². The average Bonchev–Trinajstić information content (AvgIpc) is 2.27. The topological polar surface area (TPSA) is 80.9 Å². The Kier molecular flexibility index (Phi) is 8.84. The summed E-state index contributed by atoms with van der Waals surface area (Å²) in [6.45, 7) is 3.88. The second-order valence-corrected chi connectivity index (χ2v) is 4.35. The van der Waals surface area contributed by atoms with E-state index in [1.54, 1.807) is 0 Å². The molecule has 0 bridgehead atoms. The van der Waals surface area contributed by atoms with E-state index >= 15 is 0 Å². The van der Waals surface area contributed by atoms with Crippen LogP contribution >= 0.6 is 0 Å². The molecule has 0 rings (SSSR count). The predicted molar refractivity (Wildman–Crippen MR) is 63.0 cm³/mol. The largest absolute Gasteiger partial charge is 0.396 e. The summed E-state index contributed by atoms with van der Waals surface area (Å²) in [5.41, 5.74) is 0. The molecule has 0 aromatic rings. The number of aliphatic hydroxyl groups is 4. The lowest BCUT2D eigenvalue weighted by Crippen LogP contribution is -2.39. The van der Waals surface area contributed by atoms with Crippen molar-refractivity contribution in [2.45, 2.75) is 64.3 Å². The lowest BCUT2D eigenvalue weighted by Gasteiger charge is -2.29. The van der Waals surface area contributed by atoms with E-state index in [0.29, 0.717) is 25.7 Å². The van der Waals surface area contributed by atoms with E-state index in [1.807, 2.05) is 13.8 Å². The fraction of sp³-hybridized carbons (Fsp3) is 1.00. The second-order valence-electron chi connectivity index (χ2n) is 4.35. The standard InChI is InChI=1S/C12H26O4/c1-3-6-10(14)9(4-2)12(16)11(15)7-5-8-13/h9-16H,3-8H2,1-2H3. The van der Waals surface area contributed by atoms with Gasteiger partial charge in [-0.1, -0.05) is 20.3 Å². The fourth-order valence-electron chi connectivity index (χ4n) is 2.01. The van der Waals surface area contributed by atoms with Crippen molar-refractivity contribution < 1.29 is 20.4 Å². The Morgan fingerprint density at radius 2 is 1.56 bits per heavy atom. The molecule has 4 nitrogen and oxygen atoms in total. The lowest BCUT2D eigenvalue weighted by molar-refractivity contribution is -0.0646. The smallest absolute Gasteiger partial charge is 0.0851 e. The molecule has 4 N–H and O–H groups in total. The summed E-state index contributed by atoms with van der Waals surface area (Å²) in [6.07, 6.45) is 0.652. The van der Waals surface area contributed by atoms with Gasteiger partial charge in [-0.25, -0.2) is 0 Å². The van der Waals surface area contributed by atoms with Crippen molar-refractivity contribution in [3.63, 3.8) is 0 Å². The van der Waals surface area contributed by atoms with Gasteiger partial charge in [-0.2, -0.15) is 0 Å². The number of aliphatic hydroxyl groups excluding tert-OH is 4. The molecule has 0 fully saturated rings. The highest BCUT2D eigenvalue weighted by molar-refractivity contribution is 4.80. The molecule has 0 saturated carbocycles. The van der Waals surface area contributed by atoms with Gasteiger partial charge in [0.25, 0.3) is 0 Å². The van der Waals surface area contributed by atoms with Gasteiger partial charge in [-0.15, -0.1) is 0 Å². The van der Waals surface area contributed by atoms with Crippen LogP contribution in [0.4, 0.5) is 0 Å². The third kappa shape index (κ3) is 5.25. The molecule has 0 aliphatic carbocycles. The first kappa shape index (κ1) is 15.8. The maximum Gasteiger partial charge on any atom is 0.0851 e. The maximum absolute atomic E-state index is 9.91. The molecule has 0 aromatic heterocycles. The lowest BCUT2D eigenvalue weighted by atomic mass is 9.86. The van der Waals surface area contributed by atoms with Crippen molar-refractivity contribution in [2.24, 2.45) is 5.92 Å². The van der Waals surface area contributed by atoms with Crippen LogP contribution in [0.3, 0.4) is 0 Å². The maximum atomic E-state index is 9.91. The van der Waals surface area contributed by atoms with Crippen LogP contribution in [0.25, 0.3) is 0 Å². The Hall–Kier alpha value is -0.160. The molecule has 0 saturated heterocycles. The molecule has 0 radical (unpaired) electrons. The molecule has 0 amide bonds. The van der Waals surface area contributed by atoms with Gasteiger partial charge in [0.1, 0.15) is 0 Å². The summed E-state index contributed by atoms with van der Waals surface area (Å²) in [5, 5.41) is 38.1. The van der Waals surface area contributed by atoms with Crippen LogP contribution in [-0.4, -0.2) is 45.3 Å². The number of hydrogen-bond acceptors (Lipinski definition) is 4. The van der Waals surface area contributed by atoms with Crippen molar-refractivity contribution in [3.8, 4) is 0 Å². The van der Waals surface area contributed by atoms with Gasteiger partial charge in [-0.05, 0) is 25.7 Å². The van der Waals surface area contributed by atoms with Crippen molar-refractivity contribution in [3.05, 3.63) is 0 Å². The Balaban J connectivity index is 4.21. The molecule has 4 unspecified atom stereocenters. The fourth-order valence-corrected chi connectivity index (χ4v) is 2.01. The molecule has 0 aromatic carbocycles. The summed E-state index contributed by atoms with van der Waals surface area (Å²) < 4.78 is 0. The Bertz CT molecular complexity index is 163. The monoisotopic (exact) mass is 234 g/mol.